The number of amides is 3. The Morgan fingerprint density at radius 3 is 2.27 bits per heavy atom. The van der Waals surface area contributed by atoms with Gasteiger partial charge in [-0.2, -0.15) is 13.2 Å². The van der Waals surface area contributed by atoms with Gasteiger partial charge >= 0.3 is 13.3 Å². The minimum absolute atomic E-state index is 0.0185. The topological polar surface area (TPSA) is 186 Å². The smallest absolute Gasteiger partial charge is 0.423 e. The average Bonchev–Trinajstić information content (AvgIpc) is 3.27. The van der Waals surface area contributed by atoms with Crippen molar-refractivity contribution < 1.29 is 37.2 Å². The quantitative estimate of drug-likeness (QED) is 0.173. The first-order chi connectivity index (χ1) is 20.9. The monoisotopic (exact) mass is 618 g/mol. The summed E-state index contributed by atoms with van der Waals surface area (Å²) < 4.78 is 45.0. The summed E-state index contributed by atoms with van der Waals surface area (Å²) in [5, 5.41) is 15.8. The summed E-state index contributed by atoms with van der Waals surface area (Å²) in [5.74, 6) is -1.63. The first-order valence-corrected chi connectivity index (χ1v) is 14.6. The van der Waals surface area contributed by atoms with Crippen LogP contribution < -0.4 is 33.3 Å². The molecule has 0 radical (unpaired) electrons. The van der Waals surface area contributed by atoms with Crippen LogP contribution >= 0.6 is 0 Å². The van der Waals surface area contributed by atoms with Gasteiger partial charge in [0.1, 0.15) is 6.04 Å². The number of benzene rings is 2. The second kappa shape index (κ2) is 14.1. The van der Waals surface area contributed by atoms with Gasteiger partial charge < -0.3 is 42.4 Å². The van der Waals surface area contributed by atoms with E-state index < -0.39 is 48.4 Å². The Bertz CT molecular complexity index is 1340. The van der Waals surface area contributed by atoms with Crippen molar-refractivity contribution in [1.29, 1.82) is 0 Å². The summed E-state index contributed by atoms with van der Waals surface area (Å²) in [5.41, 5.74) is 17.9. The molecule has 2 aromatic rings. The summed E-state index contributed by atoms with van der Waals surface area (Å²) in [6.07, 6.45) is -2.19. The molecule has 0 aromatic heterocycles. The van der Waals surface area contributed by atoms with Crippen LogP contribution in [-0.4, -0.2) is 73.0 Å². The lowest BCUT2D eigenvalue weighted by Gasteiger charge is -2.39. The van der Waals surface area contributed by atoms with Gasteiger partial charge in [0.05, 0.1) is 17.2 Å². The van der Waals surface area contributed by atoms with Gasteiger partial charge in [-0.25, -0.2) is 0 Å². The molecular formula is C29H38BF3N6O5. The van der Waals surface area contributed by atoms with Crippen molar-refractivity contribution in [2.45, 2.75) is 62.4 Å². The van der Waals surface area contributed by atoms with E-state index in [1.165, 1.54) is 17.0 Å². The van der Waals surface area contributed by atoms with Gasteiger partial charge in [-0.1, -0.05) is 18.2 Å². The second-order valence-electron chi connectivity index (χ2n) is 11.2. The molecule has 3 amide bonds. The lowest BCUT2D eigenvalue weighted by molar-refractivity contribution is -0.137. The summed E-state index contributed by atoms with van der Waals surface area (Å²) in [6, 6.07) is 6.96. The zero-order valence-corrected chi connectivity index (χ0v) is 24.2. The number of halogens is 3. The molecule has 2 atom stereocenters. The van der Waals surface area contributed by atoms with Crippen molar-refractivity contribution in [2.24, 2.45) is 17.2 Å². The van der Waals surface area contributed by atoms with E-state index >= 15 is 0 Å². The lowest BCUT2D eigenvalue weighted by atomic mass is 9.72. The Morgan fingerprint density at radius 2 is 1.70 bits per heavy atom. The molecule has 2 aliphatic rings. The molecule has 1 saturated carbocycles. The lowest BCUT2D eigenvalue weighted by Crippen LogP contribution is -2.51. The number of alkyl halides is 3. The fourth-order valence-electron chi connectivity index (χ4n) is 5.51. The van der Waals surface area contributed by atoms with Crippen LogP contribution in [0.25, 0.3) is 0 Å². The predicted octanol–water partition coefficient (Wildman–Crippen LogP) is 0.322. The average molecular weight is 618 g/mol. The molecule has 9 N–H and O–H groups in total. The van der Waals surface area contributed by atoms with Gasteiger partial charge in [0, 0.05) is 44.7 Å². The van der Waals surface area contributed by atoms with Crippen molar-refractivity contribution in [1.82, 2.24) is 10.2 Å². The van der Waals surface area contributed by atoms with E-state index in [1.807, 2.05) is 0 Å². The third-order valence-electron chi connectivity index (χ3n) is 8.09. The number of anilines is 1. The van der Waals surface area contributed by atoms with Crippen LogP contribution in [0.2, 0.25) is 0 Å². The maximum absolute atomic E-state index is 13.5. The molecule has 1 fully saturated rings. The van der Waals surface area contributed by atoms with E-state index in [9.17, 15) is 32.6 Å². The molecule has 2 aromatic carbocycles. The van der Waals surface area contributed by atoms with Crippen LogP contribution in [-0.2, 0) is 37.2 Å². The number of carbonyl (C=O) groups excluding carboxylic acids is 3. The Balaban J connectivity index is 1.47. The van der Waals surface area contributed by atoms with Crippen molar-refractivity contribution >= 4 is 36.0 Å². The maximum atomic E-state index is 13.5. The van der Waals surface area contributed by atoms with E-state index in [0.717, 1.165) is 37.0 Å². The molecule has 4 rings (SSSR count). The fourth-order valence-corrected chi connectivity index (χ4v) is 5.51. The Kier molecular flexibility index (Phi) is 10.7. The SMILES string of the molecule is NCCN(CCN)C(=O)CC[C@H](N)C(=O)N[C@H](Cc1ccc(C(F)(F)F)cc1)C(=O)Nc1ccc2c(c1)B(O)OC21CCC1. The third kappa shape index (κ3) is 7.77. The van der Waals surface area contributed by atoms with Gasteiger partial charge in [-0.05, 0) is 66.5 Å². The summed E-state index contributed by atoms with van der Waals surface area (Å²) in [4.78, 5) is 40.5. The van der Waals surface area contributed by atoms with E-state index in [4.69, 9.17) is 21.9 Å². The maximum Gasteiger partial charge on any atom is 0.492 e. The van der Waals surface area contributed by atoms with Crippen molar-refractivity contribution in [3.8, 4) is 0 Å². The molecule has 1 heterocycles. The normalized spacial score (nSPS) is 16.6. The number of nitrogens with one attached hydrogen (secondary N) is 2. The highest BCUT2D eigenvalue weighted by molar-refractivity contribution is 6.62. The highest BCUT2D eigenvalue weighted by Gasteiger charge is 2.50. The molecule has 0 unspecified atom stereocenters. The highest BCUT2D eigenvalue weighted by Crippen LogP contribution is 2.47. The van der Waals surface area contributed by atoms with Gasteiger partial charge in [0.15, 0.2) is 0 Å². The molecule has 0 saturated heterocycles. The molecule has 1 aliphatic carbocycles. The molecule has 0 bridgehead atoms. The van der Waals surface area contributed by atoms with Crippen LogP contribution in [0.5, 0.6) is 0 Å². The van der Waals surface area contributed by atoms with Crippen LogP contribution in [0.1, 0.15) is 48.8 Å². The number of nitrogens with zero attached hydrogens (tertiary/aromatic N) is 1. The zero-order chi connectivity index (χ0) is 32.1. The number of hydrogen-bond donors (Lipinski definition) is 6. The van der Waals surface area contributed by atoms with Crippen LogP contribution in [0.4, 0.5) is 18.9 Å². The molecule has 1 spiro atoms. The van der Waals surface area contributed by atoms with Gasteiger partial charge in [-0.3, -0.25) is 14.4 Å². The Morgan fingerprint density at radius 1 is 1.05 bits per heavy atom. The number of rotatable bonds is 13. The minimum atomic E-state index is -4.53. The Hall–Kier alpha value is -3.50. The van der Waals surface area contributed by atoms with E-state index in [0.29, 0.717) is 29.8 Å². The zero-order valence-electron chi connectivity index (χ0n) is 24.2. The molecular weight excluding hydrogens is 580 g/mol. The van der Waals surface area contributed by atoms with Crippen LogP contribution in [0.15, 0.2) is 42.5 Å². The molecule has 1 aliphatic heterocycles. The number of carbonyl (C=O) groups is 3. The van der Waals surface area contributed by atoms with Gasteiger partial charge in [0.25, 0.3) is 0 Å². The molecule has 44 heavy (non-hydrogen) atoms. The van der Waals surface area contributed by atoms with Crippen molar-refractivity contribution in [2.75, 3.05) is 31.5 Å². The van der Waals surface area contributed by atoms with Crippen molar-refractivity contribution in [3.63, 3.8) is 0 Å². The molecule has 11 nitrogen and oxygen atoms in total. The largest absolute Gasteiger partial charge is 0.492 e. The first kappa shape index (κ1) is 33.4. The van der Waals surface area contributed by atoms with Gasteiger partial charge in [-0.15, -0.1) is 0 Å². The van der Waals surface area contributed by atoms with E-state index in [-0.39, 0.29) is 38.3 Å². The number of hydrogen-bond acceptors (Lipinski definition) is 8. The second-order valence-corrected chi connectivity index (χ2v) is 11.2. The van der Waals surface area contributed by atoms with E-state index in [2.05, 4.69) is 10.6 Å². The number of fused-ring (bicyclic) bond motifs is 2. The number of nitrogens with two attached hydrogens (primary N) is 3. The standard InChI is InChI=1S/C29H38BF3N6O5/c31-29(32,33)19-4-2-18(3-5-19)16-24(38-26(41)23(36)8-9-25(40)39(14-12-34)15-13-35)27(42)37-20-6-7-21-22(17-20)30(43)44-28(21)10-1-11-28/h2-7,17,23-24,43H,1,8-16,34-36H2,(H,37,42)(H,38,41)/t23-,24+/m0/s1. The third-order valence-corrected chi connectivity index (χ3v) is 8.09. The minimum Gasteiger partial charge on any atom is -0.423 e. The first-order valence-electron chi connectivity index (χ1n) is 14.6. The summed E-state index contributed by atoms with van der Waals surface area (Å²) >= 11 is 0. The van der Waals surface area contributed by atoms with Crippen LogP contribution in [0, 0.1) is 0 Å². The molecule has 15 heteroatoms. The van der Waals surface area contributed by atoms with Gasteiger partial charge in [0.2, 0.25) is 17.7 Å². The van der Waals surface area contributed by atoms with Crippen molar-refractivity contribution in [3.05, 3.63) is 59.2 Å². The van der Waals surface area contributed by atoms with Crippen LogP contribution in [0.3, 0.4) is 0 Å². The Labute approximate surface area is 253 Å². The fraction of sp³-hybridized carbons (Fsp3) is 0.483. The van der Waals surface area contributed by atoms with E-state index in [1.54, 1.807) is 18.2 Å². The highest BCUT2D eigenvalue weighted by atomic mass is 19.4. The summed E-state index contributed by atoms with van der Waals surface area (Å²) in [7, 11) is -1.14. The summed E-state index contributed by atoms with van der Waals surface area (Å²) in [6.45, 7) is 1.10. The molecule has 238 valence electrons. The predicted molar refractivity (Wildman–Crippen MR) is 158 cm³/mol.